The van der Waals surface area contributed by atoms with Crippen LogP contribution in [0.1, 0.15) is 60.4 Å². The number of pyridine rings is 1. The van der Waals surface area contributed by atoms with E-state index in [9.17, 15) is 17.6 Å². The maximum atomic E-state index is 14.0. The van der Waals surface area contributed by atoms with Crippen LogP contribution in [0.5, 0.6) is 0 Å². The van der Waals surface area contributed by atoms with Crippen LogP contribution in [0.2, 0.25) is 0 Å². The average molecular weight is 533 g/mol. The number of alkyl halides is 4. The summed E-state index contributed by atoms with van der Waals surface area (Å²) >= 11 is 0. The van der Waals surface area contributed by atoms with Gasteiger partial charge >= 0.3 is 6.18 Å². The molecule has 1 unspecified atom stereocenters. The first kappa shape index (κ1) is 26.6. The summed E-state index contributed by atoms with van der Waals surface area (Å²) in [6.07, 6.45) is -0.410. The van der Waals surface area contributed by atoms with Crippen molar-refractivity contribution in [1.82, 2.24) is 24.6 Å². The molecule has 1 saturated heterocycles. The van der Waals surface area contributed by atoms with E-state index in [2.05, 4.69) is 20.5 Å². The number of nitrogens with zero attached hydrogens (tertiary/aromatic N) is 5. The standard InChI is InChI=1S/C27H32F4N6O/c1-17(37-8-7-20(28)15-37)18-9-23(27(29,30)31)24(33-13-18)14-32-21-6-4-5-19(10-21)26(11-22(12-26)38-3)25-35-34-16-36(25)2/h4-6,9-10,13,16-17,20,22,32H,7-8,11-12,14-15H2,1-3H3/t17?,20-,22?,26?/m0/s1. The van der Waals surface area contributed by atoms with Gasteiger partial charge in [-0.2, -0.15) is 13.2 Å². The maximum Gasteiger partial charge on any atom is 0.418 e. The molecule has 3 heterocycles. The lowest BCUT2D eigenvalue weighted by Gasteiger charge is -2.46. The number of nitrogens with one attached hydrogen (secondary N) is 1. The van der Waals surface area contributed by atoms with Crippen LogP contribution in [-0.2, 0) is 29.9 Å². The third kappa shape index (κ3) is 5.01. The molecule has 1 aliphatic carbocycles. The molecule has 0 radical (unpaired) electrons. The second-order valence-corrected chi connectivity index (χ2v) is 10.4. The lowest BCUT2D eigenvalue weighted by Crippen LogP contribution is -2.48. The number of hydrogen-bond donors (Lipinski definition) is 1. The molecule has 2 fully saturated rings. The van der Waals surface area contributed by atoms with Gasteiger partial charge in [-0.15, -0.1) is 10.2 Å². The number of hydrogen-bond acceptors (Lipinski definition) is 6. The summed E-state index contributed by atoms with van der Waals surface area (Å²) in [6.45, 7) is 2.44. The summed E-state index contributed by atoms with van der Waals surface area (Å²) in [4.78, 5) is 6.06. The van der Waals surface area contributed by atoms with Crippen LogP contribution in [-0.4, -0.2) is 57.1 Å². The zero-order valence-electron chi connectivity index (χ0n) is 21.7. The first-order valence-electron chi connectivity index (χ1n) is 12.8. The summed E-state index contributed by atoms with van der Waals surface area (Å²) in [5.74, 6) is 0.825. The van der Waals surface area contributed by atoms with Crippen LogP contribution in [0.4, 0.5) is 23.2 Å². The molecular weight excluding hydrogens is 500 g/mol. The molecule has 0 amide bonds. The van der Waals surface area contributed by atoms with Gasteiger partial charge in [0.2, 0.25) is 0 Å². The number of aryl methyl sites for hydroxylation is 1. The van der Waals surface area contributed by atoms with E-state index in [1.807, 2.05) is 40.8 Å². The first-order chi connectivity index (χ1) is 18.1. The Morgan fingerprint density at radius 2 is 2.03 bits per heavy atom. The fourth-order valence-electron chi connectivity index (χ4n) is 5.69. The third-order valence-corrected chi connectivity index (χ3v) is 7.99. The Morgan fingerprint density at radius 3 is 2.66 bits per heavy atom. The van der Waals surface area contributed by atoms with Gasteiger partial charge in [-0.05, 0) is 55.5 Å². The quantitative estimate of drug-likeness (QED) is 0.410. The number of likely N-dealkylation sites (tertiary alicyclic amines) is 1. The van der Waals surface area contributed by atoms with E-state index < -0.39 is 17.9 Å². The molecule has 5 rings (SSSR count). The topological polar surface area (TPSA) is 68.1 Å². The summed E-state index contributed by atoms with van der Waals surface area (Å²) in [7, 11) is 3.58. The van der Waals surface area contributed by atoms with E-state index in [1.54, 1.807) is 20.4 Å². The SMILES string of the molecule is COC1CC(c2cccc(NCc3ncc(C(C)N4CC[C@H](F)C4)cc3C(F)(F)F)c2)(c2nncn2C)C1. The van der Waals surface area contributed by atoms with Gasteiger partial charge in [0.1, 0.15) is 18.3 Å². The number of benzene rings is 1. The molecule has 1 aromatic carbocycles. The third-order valence-electron chi connectivity index (χ3n) is 7.99. The lowest BCUT2D eigenvalue weighted by atomic mass is 9.62. The van der Waals surface area contributed by atoms with E-state index in [-0.39, 0.29) is 36.3 Å². The molecule has 2 aromatic heterocycles. The van der Waals surface area contributed by atoms with Gasteiger partial charge < -0.3 is 14.6 Å². The Kier molecular flexibility index (Phi) is 7.17. The van der Waals surface area contributed by atoms with Crippen molar-refractivity contribution in [3.05, 3.63) is 71.1 Å². The van der Waals surface area contributed by atoms with Gasteiger partial charge in [0, 0.05) is 45.2 Å². The number of methoxy groups -OCH3 is 1. The molecule has 0 bridgehead atoms. The summed E-state index contributed by atoms with van der Waals surface area (Å²) < 4.78 is 63.2. The Bertz CT molecular complexity index is 1270. The molecule has 3 aromatic rings. The molecule has 0 spiro atoms. The van der Waals surface area contributed by atoms with Crippen LogP contribution >= 0.6 is 0 Å². The maximum absolute atomic E-state index is 14.0. The smallest absolute Gasteiger partial charge is 0.381 e. The van der Waals surface area contributed by atoms with Gasteiger partial charge in [0.05, 0.1) is 29.3 Å². The Labute approximate surface area is 219 Å². The minimum Gasteiger partial charge on any atom is -0.381 e. The van der Waals surface area contributed by atoms with Crippen molar-refractivity contribution >= 4 is 5.69 Å². The molecule has 1 N–H and O–H groups in total. The number of ether oxygens (including phenoxy) is 1. The van der Waals surface area contributed by atoms with Crippen LogP contribution in [0.15, 0.2) is 42.9 Å². The minimum atomic E-state index is -4.56. The fourth-order valence-corrected chi connectivity index (χ4v) is 5.69. The van der Waals surface area contributed by atoms with E-state index in [0.717, 1.165) is 30.3 Å². The fraction of sp³-hybridized carbons (Fsp3) is 0.519. The van der Waals surface area contributed by atoms with Gasteiger partial charge in [0.25, 0.3) is 0 Å². The van der Waals surface area contributed by atoms with Crippen molar-refractivity contribution in [3.8, 4) is 0 Å². The molecule has 1 aliphatic heterocycles. The normalized spacial score (nSPS) is 24.8. The van der Waals surface area contributed by atoms with Crippen LogP contribution in [0, 0.1) is 0 Å². The summed E-state index contributed by atoms with van der Waals surface area (Å²) in [5, 5.41) is 11.5. The molecule has 204 valence electrons. The van der Waals surface area contributed by atoms with E-state index >= 15 is 0 Å². The lowest BCUT2D eigenvalue weighted by molar-refractivity contribution is -0.138. The van der Waals surface area contributed by atoms with Crippen LogP contribution in [0.3, 0.4) is 0 Å². The van der Waals surface area contributed by atoms with Gasteiger partial charge in [-0.3, -0.25) is 9.88 Å². The zero-order chi connectivity index (χ0) is 27.1. The van der Waals surface area contributed by atoms with Crippen molar-refractivity contribution in [2.45, 2.75) is 62.6 Å². The van der Waals surface area contributed by atoms with Gasteiger partial charge in [-0.25, -0.2) is 4.39 Å². The number of rotatable bonds is 8. The van der Waals surface area contributed by atoms with Crippen molar-refractivity contribution in [1.29, 1.82) is 0 Å². The molecular formula is C27H32F4N6O. The number of aromatic nitrogens is 4. The Morgan fingerprint density at radius 1 is 1.24 bits per heavy atom. The predicted octanol–water partition coefficient (Wildman–Crippen LogP) is 5.04. The summed E-state index contributed by atoms with van der Waals surface area (Å²) in [6, 6.07) is 8.46. The highest BCUT2D eigenvalue weighted by atomic mass is 19.4. The van der Waals surface area contributed by atoms with Crippen molar-refractivity contribution in [2.24, 2.45) is 7.05 Å². The Balaban J connectivity index is 1.37. The number of anilines is 1. The zero-order valence-corrected chi connectivity index (χ0v) is 21.7. The molecule has 2 atom stereocenters. The number of halogens is 4. The Hall–Kier alpha value is -3.05. The van der Waals surface area contributed by atoms with Crippen LogP contribution in [0.25, 0.3) is 0 Å². The highest BCUT2D eigenvalue weighted by Crippen LogP contribution is 2.49. The molecule has 2 aliphatic rings. The predicted molar refractivity (Wildman–Crippen MR) is 134 cm³/mol. The highest BCUT2D eigenvalue weighted by molar-refractivity contribution is 5.51. The second kappa shape index (κ2) is 10.3. The van der Waals surface area contributed by atoms with E-state index in [4.69, 9.17) is 4.74 Å². The largest absolute Gasteiger partial charge is 0.418 e. The first-order valence-corrected chi connectivity index (χ1v) is 12.8. The van der Waals surface area contributed by atoms with Gasteiger partial charge in [0.15, 0.2) is 0 Å². The molecule has 38 heavy (non-hydrogen) atoms. The van der Waals surface area contributed by atoms with Crippen LogP contribution < -0.4 is 5.32 Å². The van der Waals surface area contributed by atoms with Crippen molar-refractivity contribution in [2.75, 3.05) is 25.5 Å². The molecule has 7 nitrogen and oxygen atoms in total. The second-order valence-electron chi connectivity index (χ2n) is 10.4. The molecule has 1 saturated carbocycles. The minimum absolute atomic E-state index is 0.0882. The molecule has 11 heteroatoms. The van der Waals surface area contributed by atoms with Crippen molar-refractivity contribution in [3.63, 3.8) is 0 Å². The van der Waals surface area contributed by atoms with Gasteiger partial charge in [-0.1, -0.05) is 12.1 Å². The highest BCUT2D eigenvalue weighted by Gasteiger charge is 2.50. The monoisotopic (exact) mass is 532 g/mol. The van der Waals surface area contributed by atoms with E-state index in [1.165, 1.54) is 6.20 Å². The average Bonchev–Trinajstić information content (AvgIpc) is 3.50. The van der Waals surface area contributed by atoms with Crippen molar-refractivity contribution < 1.29 is 22.3 Å². The summed E-state index contributed by atoms with van der Waals surface area (Å²) in [5.41, 5.74) is 0.861. The van der Waals surface area contributed by atoms with E-state index in [0.29, 0.717) is 24.2 Å².